The molecule has 0 aromatic carbocycles. The maximum Gasteiger partial charge on any atom is 0.490 e. The summed E-state index contributed by atoms with van der Waals surface area (Å²) in [4.78, 5) is 35.2. The van der Waals surface area contributed by atoms with E-state index < -0.39 is 23.9 Å². The van der Waals surface area contributed by atoms with Gasteiger partial charge in [-0.15, -0.1) is 0 Å². The number of hydrogen-bond donors (Lipinski definition) is 3. The summed E-state index contributed by atoms with van der Waals surface area (Å²) in [6, 6.07) is 0. The van der Waals surface area contributed by atoms with E-state index in [2.05, 4.69) is 4.99 Å². The zero-order valence-electron chi connectivity index (χ0n) is 11.3. The van der Waals surface area contributed by atoms with Gasteiger partial charge in [0.1, 0.15) is 0 Å². The third-order valence-corrected chi connectivity index (χ3v) is 1.77. The van der Waals surface area contributed by atoms with E-state index in [1.54, 1.807) is 19.0 Å². The maximum atomic E-state index is 10.6. The number of aliphatic carboxylic acids is 2. The van der Waals surface area contributed by atoms with Crippen molar-refractivity contribution in [2.75, 3.05) is 20.6 Å². The maximum absolute atomic E-state index is 10.6. The molecule has 0 aliphatic carbocycles. The first-order chi connectivity index (χ1) is 9.39. The summed E-state index contributed by atoms with van der Waals surface area (Å²) < 4.78 is 31.7. The summed E-state index contributed by atoms with van der Waals surface area (Å²) in [5.74, 6) is -4.57. The molecule has 0 saturated carbocycles. The molecule has 0 radical (unpaired) electrons. The lowest BCUT2D eigenvalue weighted by atomic mass is 10.2. The summed E-state index contributed by atoms with van der Waals surface area (Å²) in [5.41, 5.74) is 5.47. The van der Waals surface area contributed by atoms with E-state index in [0.717, 1.165) is 0 Å². The number of alkyl halides is 3. The van der Waals surface area contributed by atoms with E-state index >= 15 is 0 Å². The van der Waals surface area contributed by atoms with Crippen LogP contribution in [0.4, 0.5) is 13.2 Å². The summed E-state index contributed by atoms with van der Waals surface area (Å²) in [6.07, 6.45) is -4.68. The molecule has 0 unspecified atom stereocenters. The number of carboxylic acids is 2. The molecule has 0 bridgehead atoms. The third-order valence-electron chi connectivity index (χ3n) is 1.77. The van der Waals surface area contributed by atoms with Crippen molar-refractivity contribution in [3.8, 4) is 0 Å². The number of nitrogens with zero attached hydrogens (tertiary/aromatic N) is 2. The van der Waals surface area contributed by atoms with E-state index in [0.29, 0.717) is 18.9 Å². The number of aliphatic imine (C=N–C) groups is 1. The Balaban J connectivity index is 0. The number of halogens is 3. The third kappa shape index (κ3) is 12.4. The van der Waals surface area contributed by atoms with Crippen LogP contribution in [0, 0.1) is 0 Å². The molecule has 122 valence electrons. The van der Waals surface area contributed by atoms with Crippen LogP contribution in [0.1, 0.15) is 12.8 Å². The van der Waals surface area contributed by atoms with Crippen LogP contribution in [0.5, 0.6) is 0 Å². The van der Waals surface area contributed by atoms with Crippen LogP contribution in [0.15, 0.2) is 4.99 Å². The molecule has 21 heavy (non-hydrogen) atoms. The Morgan fingerprint density at radius 1 is 1.19 bits per heavy atom. The normalized spacial score (nSPS) is 11.2. The van der Waals surface area contributed by atoms with Crippen molar-refractivity contribution in [3.63, 3.8) is 0 Å². The Kier molecular flexibility index (Phi) is 9.54. The van der Waals surface area contributed by atoms with E-state index in [4.69, 9.17) is 20.7 Å². The molecule has 0 aromatic rings. The van der Waals surface area contributed by atoms with Crippen LogP contribution >= 0.6 is 0 Å². The zero-order chi connectivity index (χ0) is 17.2. The average molecular weight is 315 g/mol. The lowest BCUT2D eigenvalue weighted by Gasteiger charge is -2.09. The number of carbonyl (C=O) groups excluding carboxylic acids is 1. The predicted molar refractivity (Wildman–Crippen MR) is 65.7 cm³/mol. The number of hydrogen-bond acceptors (Lipinski definition) is 4. The lowest BCUT2D eigenvalue weighted by Crippen LogP contribution is -2.30. The quantitative estimate of drug-likeness (QED) is 0.280. The summed E-state index contributed by atoms with van der Waals surface area (Å²) in [5, 5.41) is 15.4. The molecule has 8 nitrogen and oxygen atoms in total. The van der Waals surface area contributed by atoms with Gasteiger partial charge in [-0.1, -0.05) is 0 Å². The fraction of sp³-hybridized carbons (Fsp3) is 0.600. The Morgan fingerprint density at radius 2 is 1.62 bits per heavy atom. The van der Waals surface area contributed by atoms with Gasteiger partial charge in [0.05, 0.1) is 0 Å². The van der Waals surface area contributed by atoms with Gasteiger partial charge in [-0.25, -0.2) is 9.59 Å². The molecule has 4 N–H and O–H groups in total. The SMILES string of the molecule is CN(C)C(N)=NCCCC(=O)C(=O)O.O=C(O)C(F)(F)F. The van der Waals surface area contributed by atoms with Gasteiger partial charge in [-0.2, -0.15) is 13.2 Å². The van der Waals surface area contributed by atoms with Crippen LogP contribution in [-0.2, 0) is 14.4 Å². The molecule has 0 rings (SSSR count). The molecule has 0 saturated heterocycles. The Labute approximate surface area is 118 Å². The van der Waals surface area contributed by atoms with Crippen molar-refractivity contribution >= 4 is 23.7 Å². The second kappa shape index (κ2) is 9.55. The number of ketones is 1. The van der Waals surface area contributed by atoms with Crippen LogP contribution in [0.3, 0.4) is 0 Å². The number of Topliss-reactive ketones (excluding diaryl/α,β-unsaturated/α-hetero) is 1. The highest BCUT2D eigenvalue weighted by Crippen LogP contribution is 2.13. The minimum atomic E-state index is -5.08. The average Bonchev–Trinajstić information content (AvgIpc) is 2.33. The number of carbonyl (C=O) groups is 3. The predicted octanol–water partition coefficient (Wildman–Crippen LogP) is -0.0701. The zero-order valence-corrected chi connectivity index (χ0v) is 11.3. The Hall–Kier alpha value is -2.33. The highest BCUT2D eigenvalue weighted by Gasteiger charge is 2.38. The smallest absolute Gasteiger partial charge is 0.476 e. The Bertz CT molecular complexity index is 407. The summed E-state index contributed by atoms with van der Waals surface area (Å²) >= 11 is 0. The van der Waals surface area contributed by atoms with E-state index in [1.165, 1.54) is 0 Å². The van der Waals surface area contributed by atoms with Gasteiger partial charge >= 0.3 is 18.1 Å². The standard InChI is InChI=1S/C8H15N3O3.C2HF3O2/c1-11(2)8(9)10-5-3-4-6(12)7(13)14;3-2(4,5)1(6)7/h3-5H2,1-2H3,(H2,9,10)(H,13,14);(H,6,7). The van der Waals surface area contributed by atoms with Crippen LogP contribution in [0.25, 0.3) is 0 Å². The van der Waals surface area contributed by atoms with Crippen molar-refractivity contribution in [2.45, 2.75) is 19.0 Å². The molecule has 0 aliphatic rings. The molecule has 0 fully saturated rings. The van der Waals surface area contributed by atoms with Crippen molar-refractivity contribution in [1.29, 1.82) is 0 Å². The molecule has 0 heterocycles. The second-order valence-corrected chi connectivity index (χ2v) is 3.77. The van der Waals surface area contributed by atoms with E-state index in [9.17, 15) is 22.8 Å². The van der Waals surface area contributed by atoms with Crippen LogP contribution < -0.4 is 5.73 Å². The molecule has 11 heteroatoms. The van der Waals surface area contributed by atoms with Gasteiger partial charge in [0.2, 0.25) is 5.78 Å². The van der Waals surface area contributed by atoms with Crippen molar-refractivity contribution < 1.29 is 37.8 Å². The summed E-state index contributed by atoms with van der Waals surface area (Å²) in [6.45, 7) is 0.364. The minimum absolute atomic E-state index is 0.000454. The molecular formula is C10H16F3N3O5. The van der Waals surface area contributed by atoms with Gasteiger partial charge in [-0.3, -0.25) is 9.79 Å². The Morgan fingerprint density at radius 3 is 1.90 bits per heavy atom. The topological polar surface area (TPSA) is 133 Å². The number of rotatable bonds is 5. The first-order valence-electron chi connectivity index (χ1n) is 5.43. The van der Waals surface area contributed by atoms with Crippen molar-refractivity contribution in [1.82, 2.24) is 4.90 Å². The highest BCUT2D eigenvalue weighted by atomic mass is 19.4. The van der Waals surface area contributed by atoms with Crippen LogP contribution in [0.2, 0.25) is 0 Å². The van der Waals surface area contributed by atoms with Gasteiger partial charge < -0.3 is 20.8 Å². The van der Waals surface area contributed by atoms with E-state index in [1.807, 2.05) is 0 Å². The largest absolute Gasteiger partial charge is 0.490 e. The van der Waals surface area contributed by atoms with Crippen molar-refractivity contribution in [2.24, 2.45) is 10.7 Å². The second-order valence-electron chi connectivity index (χ2n) is 3.77. The molecule has 0 spiro atoms. The highest BCUT2D eigenvalue weighted by molar-refractivity contribution is 6.32. The molecule has 0 amide bonds. The fourth-order valence-electron chi connectivity index (χ4n) is 0.682. The van der Waals surface area contributed by atoms with Crippen molar-refractivity contribution in [3.05, 3.63) is 0 Å². The van der Waals surface area contributed by atoms with E-state index in [-0.39, 0.29) is 6.42 Å². The fourth-order valence-corrected chi connectivity index (χ4v) is 0.682. The lowest BCUT2D eigenvalue weighted by molar-refractivity contribution is -0.192. The first-order valence-corrected chi connectivity index (χ1v) is 5.43. The minimum Gasteiger partial charge on any atom is -0.476 e. The van der Waals surface area contributed by atoms with Gasteiger partial charge in [0.25, 0.3) is 0 Å². The molecular weight excluding hydrogens is 299 g/mol. The van der Waals surface area contributed by atoms with Gasteiger partial charge in [0, 0.05) is 27.1 Å². The molecule has 0 aromatic heterocycles. The molecule has 0 aliphatic heterocycles. The monoisotopic (exact) mass is 315 g/mol. The van der Waals surface area contributed by atoms with Gasteiger partial charge in [0.15, 0.2) is 5.96 Å². The van der Waals surface area contributed by atoms with Crippen LogP contribution in [-0.4, -0.2) is 65.6 Å². The first kappa shape index (κ1) is 21.0. The van der Waals surface area contributed by atoms with Gasteiger partial charge in [-0.05, 0) is 6.42 Å². The number of nitrogens with two attached hydrogens (primary N) is 1. The summed E-state index contributed by atoms with van der Waals surface area (Å²) in [7, 11) is 3.50. The number of guanidine groups is 1. The number of carboxylic acid groups (broad SMARTS) is 2. The molecule has 0 atom stereocenters.